The van der Waals surface area contributed by atoms with E-state index in [4.69, 9.17) is 9.69 Å². The molecule has 0 aromatic carbocycles. The highest BCUT2D eigenvalue weighted by atomic mass is 28.4. The zero-order valence-electron chi connectivity index (χ0n) is 10.6. The van der Waals surface area contributed by atoms with Gasteiger partial charge in [-0.1, -0.05) is 20.8 Å². The van der Waals surface area contributed by atoms with Gasteiger partial charge < -0.3 is 4.43 Å². The van der Waals surface area contributed by atoms with Gasteiger partial charge in [-0.15, -0.1) is 0 Å². The highest BCUT2D eigenvalue weighted by molar-refractivity contribution is 6.74. The molecule has 14 heavy (non-hydrogen) atoms. The lowest BCUT2D eigenvalue weighted by molar-refractivity contribution is 0.207. The molecule has 0 unspecified atom stereocenters. The number of nitrogens with zero attached hydrogens (tertiary/aromatic N) is 1. The number of rotatable bonds is 3. The maximum absolute atomic E-state index is 8.88. The second-order valence-corrected chi connectivity index (χ2v) is 10.9. The van der Waals surface area contributed by atoms with Crippen LogP contribution in [0.3, 0.4) is 0 Å². The van der Waals surface area contributed by atoms with Crippen molar-refractivity contribution < 1.29 is 4.43 Å². The largest absolute Gasteiger partial charge is 0.415 e. The number of hydrogen-bond donors (Lipinski definition) is 0. The van der Waals surface area contributed by atoms with Gasteiger partial charge in [-0.3, -0.25) is 0 Å². The molecule has 0 atom stereocenters. The van der Waals surface area contributed by atoms with E-state index >= 15 is 0 Å². The molecule has 0 aromatic heterocycles. The number of hydrogen-bond acceptors (Lipinski definition) is 2. The first-order chi connectivity index (χ1) is 6.02. The molecule has 3 heteroatoms. The predicted molar refractivity (Wildman–Crippen MR) is 62.5 cm³/mol. The van der Waals surface area contributed by atoms with Crippen LogP contribution in [0.5, 0.6) is 0 Å². The molecule has 0 bridgehead atoms. The Morgan fingerprint density at radius 2 is 1.57 bits per heavy atom. The van der Waals surface area contributed by atoms with Crippen molar-refractivity contribution in [2.75, 3.05) is 6.61 Å². The molecule has 0 aliphatic heterocycles. The van der Waals surface area contributed by atoms with Gasteiger partial charge in [-0.25, -0.2) is 0 Å². The van der Waals surface area contributed by atoms with Crippen LogP contribution in [0.1, 0.15) is 34.6 Å². The Bertz CT molecular complexity index is 233. The summed E-state index contributed by atoms with van der Waals surface area (Å²) in [6.45, 7) is 15.4. The van der Waals surface area contributed by atoms with E-state index in [9.17, 15) is 0 Å². The quantitative estimate of drug-likeness (QED) is 0.672. The molecule has 0 amide bonds. The first-order valence-electron chi connectivity index (χ1n) is 5.07. The van der Waals surface area contributed by atoms with E-state index in [0.717, 1.165) is 0 Å². The Balaban J connectivity index is 4.36. The Morgan fingerprint density at radius 3 is 1.86 bits per heavy atom. The minimum Gasteiger partial charge on any atom is -0.415 e. The van der Waals surface area contributed by atoms with Crippen LogP contribution in [0, 0.1) is 16.7 Å². The van der Waals surface area contributed by atoms with Crippen molar-refractivity contribution in [1.29, 1.82) is 5.26 Å². The highest BCUT2D eigenvalue weighted by Gasteiger charge is 2.38. The van der Waals surface area contributed by atoms with Crippen molar-refractivity contribution in [3.8, 4) is 6.07 Å². The van der Waals surface area contributed by atoms with Crippen molar-refractivity contribution >= 4 is 8.32 Å². The molecule has 0 aliphatic carbocycles. The van der Waals surface area contributed by atoms with E-state index in [-0.39, 0.29) is 10.5 Å². The summed E-state index contributed by atoms with van der Waals surface area (Å²) in [7, 11) is -1.68. The summed E-state index contributed by atoms with van der Waals surface area (Å²) in [5.41, 5.74) is -0.366. The van der Waals surface area contributed by atoms with Gasteiger partial charge >= 0.3 is 0 Å². The minimum atomic E-state index is -1.68. The average molecular weight is 213 g/mol. The van der Waals surface area contributed by atoms with Crippen LogP contribution < -0.4 is 0 Å². The molecule has 82 valence electrons. The lowest BCUT2D eigenvalue weighted by atomic mass is 9.98. The van der Waals surface area contributed by atoms with Crippen LogP contribution in [0.4, 0.5) is 0 Å². The van der Waals surface area contributed by atoms with Gasteiger partial charge in [0.15, 0.2) is 8.32 Å². The van der Waals surface area contributed by atoms with Crippen LogP contribution in [0.25, 0.3) is 0 Å². The first kappa shape index (κ1) is 13.7. The summed E-state index contributed by atoms with van der Waals surface area (Å²) in [6.07, 6.45) is 0. The third-order valence-electron chi connectivity index (χ3n) is 2.90. The summed E-state index contributed by atoms with van der Waals surface area (Å²) in [6, 6.07) is 2.26. The van der Waals surface area contributed by atoms with Crippen LogP contribution in [0.2, 0.25) is 18.1 Å². The van der Waals surface area contributed by atoms with E-state index in [2.05, 4.69) is 39.9 Å². The summed E-state index contributed by atoms with van der Waals surface area (Å²) >= 11 is 0. The van der Waals surface area contributed by atoms with Gasteiger partial charge in [0.2, 0.25) is 0 Å². The lowest BCUT2D eigenvalue weighted by Gasteiger charge is -2.37. The zero-order chi connectivity index (χ0) is 11.6. The molecule has 0 saturated carbocycles. The fraction of sp³-hybridized carbons (Fsp3) is 0.909. The Labute approximate surface area is 89.4 Å². The zero-order valence-corrected chi connectivity index (χ0v) is 11.6. The van der Waals surface area contributed by atoms with E-state index in [0.29, 0.717) is 6.61 Å². The normalized spacial score (nSPS) is 13.9. The van der Waals surface area contributed by atoms with Crippen LogP contribution in [-0.2, 0) is 4.43 Å². The number of nitriles is 1. The second kappa shape index (κ2) is 4.04. The standard InChI is InChI=1S/C11H23NOSi/c1-10(2,3)14(6,7)13-9-11(4,5)8-12/h9H2,1-7H3. The van der Waals surface area contributed by atoms with E-state index in [1.807, 2.05) is 13.8 Å². The third kappa shape index (κ3) is 3.81. The average Bonchev–Trinajstić information content (AvgIpc) is 1.99. The van der Waals surface area contributed by atoms with Crippen molar-refractivity contribution in [3.05, 3.63) is 0 Å². The molecular weight excluding hydrogens is 190 g/mol. The maximum atomic E-state index is 8.88. The van der Waals surface area contributed by atoms with E-state index in [1.54, 1.807) is 0 Å². The van der Waals surface area contributed by atoms with Crippen LogP contribution in [0.15, 0.2) is 0 Å². The lowest BCUT2D eigenvalue weighted by Crippen LogP contribution is -2.42. The van der Waals surface area contributed by atoms with Crippen molar-refractivity contribution in [3.63, 3.8) is 0 Å². The van der Waals surface area contributed by atoms with Crippen LogP contribution in [-0.4, -0.2) is 14.9 Å². The molecule has 0 aromatic rings. The van der Waals surface area contributed by atoms with E-state index in [1.165, 1.54) is 0 Å². The van der Waals surface area contributed by atoms with Gasteiger partial charge in [0.25, 0.3) is 0 Å². The van der Waals surface area contributed by atoms with Crippen molar-refractivity contribution in [1.82, 2.24) is 0 Å². The Morgan fingerprint density at radius 1 is 1.14 bits per heavy atom. The topological polar surface area (TPSA) is 33.0 Å². The first-order valence-corrected chi connectivity index (χ1v) is 7.98. The molecule has 0 rings (SSSR count). The Kier molecular flexibility index (Phi) is 3.94. The van der Waals surface area contributed by atoms with Gasteiger partial charge in [0.1, 0.15) is 0 Å². The van der Waals surface area contributed by atoms with Gasteiger partial charge in [0.05, 0.1) is 18.1 Å². The third-order valence-corrected chi connectivity index (χ3v) is 7.38. The van der Waals surface area contributed by atoms with Gasteiger partial charge in [-0.05, 0) is 32.0 Å². The maximum Gasteiger partial charge on any atom is 0.192 e. The fourth-order valence-electron chi connectivity index (χ4n) is 0.610. The minimum absolute atomic E-state index is 0.221. The molecule has 0 fully saturated rings. The molecular formula is C11H23NOSi. The molecule has 2 nitrogen and oxygen atoms in total. The summed E-state index contributed by atoms with van der Waals surface area (Å²) < 4.78 is 5.97. The SMILES string of the molecule is CC(C)(C#N)CO[Si](C)(C)C(C)(C)C. The predicted octanol–water partition coefficient (Wildman–Crippen LogP) is 3.56. The fourth-order valence-corrected chi connectivity index (χ4v) is 1.76. The smallest absolute Gasteiger partial charge is 0.192 e. The summed E-state index contributed by atoms with van der Waals surface area (Å²) in [5.74, 6) is 0. The molecule has 0 N–H and O–H groups in total. The van der Waals surface area contributed by atoms with Crippen molar-refractivity contribution in [2.45, 2.75) is 52.8 Å². The van der Waals surface area contributed by atoms with Crippen LogP contribution >= 0.6 is 0 Å². The summed E-state index contributed by atoms with van der Waals surface area (Å²) in [4.78, 5) is 0. The summed E-state index contributed by atoms with van der Waals surface area (Å²) in [5, 5.41) is 9.10. The Hall–Kier alpha value is -0.333. The highest BCUT2D eigenvalue weighted by Crippen LogP contribution is 2.37. The van der Waals surface area contributed by atoms with Crippen molar-refractivity contribution in [2.24, 2.45) is 5.41 Å². The molecule has 0 radical (unpaired) electrons. The second-order valence-electron chi connectivity index (χ2n) is 6.04. The molecule has 0 spiro atoms. The van der Waals surface area contributed by atoms with Gasteiger partial charge in [-0.2, -0.15) is 5.26 Å². The van der Waals surface area contributed by atoms with Gasteiger partial charge in [0, 0.05) is 0 Å². The monoisotopic (exact) mass is 213 g/mol. The van der Waals surface area contributed by atoms with E-state index < -0.39 is 8.32 Å². The molecule has 0 heterocycles. The molecule has 0 saturated heterocycles. The molecule has 0 aliphatic rings.